The highest BCUT2D eigenvalue weighted by Gasteiger charge is 2.22. The number of thiazole rings is 1. The molecule has 1 aromatic carbocycles. The molecule has 0 aliphatic carbocycles. The van der Waals surface area contributed by atoms with Crippen LogP contribution < -0.4 is 10.6 Å². The van der Waals surface area contributed by atoms with Crippen LogP contribution in [0.15, 0.2) is 35.3 Å². The molecule has 7 heteroatoms. The van der Waals surface area contributed by atoms with E-state index >= 15 is 0 Å². The van der Waals surface area contributed by atoms with Crippen LogP contribution in [0.3, 0.4) is 0 Å². The molecular weight excluding hydrogens is 358 g/mol. The van der Waals surface area contributed by atoms with Crippen LogP contribution in [0.1, 0.15) is 27.2 Å². The lowest BCUT2D eigenvalue weighted by atomic mass is 10.0. The molecular formula is C20H29N5OS. The maximum atomic E-state index is 5.53. The minimum atomic E-state index is 0.290. The fourth-order valence-corrected chi connectivity index (χ4v) is 4.08. The summed E-state index contributed by atoms with van der Waals surface area (Å²) >= 11 is 1.73. The Labute approximate surface area is 165 Å². The summed E-state index contributed by atoms with van der Waals surface area (Å²) in [4.78, 5) is 12.7. The number of nitrogens with one attached hydrogen (secondary N) is 2. The van der Waals surface area contributed by atoms with Crippen molar-refractivity contribution >= 4 is 17.3 Å². The van der Waals surface area contributed by atoms with Crippen LogP contribution in [0.5, 0.6) is 0 Å². The first kappa shape index (κ1) is 19.8. The zero-order valence-electron chi connectivity index (χ0n) is 16.4. The predicted molar refractivity (Wildman–Crippen MR) is 111 cm³/mol. The van der Waals surface area contributed by atoms with E-state index in [9.17, 15) is 0 Å². The first-order valence-electron chi connectivity index (χ1n) is 9.41. The number of aryl methyl sites for hydroxylation is 2. The van der Waals surface area contributed by atoms with Crippen LogP contribution in [0.2, 0.25) is 0 Å². The lowest BCUT2D eigenvalue weighted by molar-refractivity contribution is 0.0170. The lowest BCUT2D eigenvalue weighted by Gasteiger charge is -2.35. The number of ether oxygens (including phenoxy) is 1. The van der Waals surface area contributed by atoms with Crippen molar-refractivity contribution in [1.82, 2.24) is 20.5 Å². The molecule has 0 saturated carbocycles. The SMILES string of the molecule is CN=C(NCc1nc(C)c(C)s1)NCC(c1ccccc1)N1CCOCC1. The maximum Gasteiger partial charge on any atom is 0.191 e. The smallest absolute Gasteiger partial charge is 0.191 e. The largest absolute Gasteiger partial charge is 0.379 e. The average molecular weight is 388 g/mol. The predicted octanol–water partition coefficient (Wildman–Crippen LogP) is 2.50. The van der Waals surface area contributed by atoms with E-state index in [1.165, 1.54) is 10.4 Å². The molecule has 0 bridgehead atoms. The summed E-state index contributed by atoms with van der Waals surface area (Å²) in [5.74, 6) is 0.801. The van der Waals surface area contributed by atoms with Crippen molar-refractivity contribution in [3.05, 3.63) is 51.5 Å². The molecule has 2 aromatic rings. The van der Waals surface area contributed by atoms with Crippen molar-refractivity contribution < 1.29 is 4.74 Å². The fraction of sp³-hybridized carbons (Fsp3) is 0.500. The van der Waals surface area contributed by atoms with Gasteiger partial charge in [0.1, 0.15) is 5.01 Å². The van der Waals surface area contributed by atoms with Gasteiger partial charge in [0.25, 0.3) is 0 Å². The van der Waals surface area contributed by atoms with Gasteiger partial charge < -0.3 is 15.4 Å². The van der Waals surface area contributed by atoms with Gasteiger partial charge in [-0.05, 0) is 19.4 Å². The van der Waals surface area contributed by atoms with Gasteiger partial charge in [-0.1, -0.05) is 30.3 Å². The second-order valence-electron chi connectivity index (χ2n) is 6.63. The summed E-state index contributed by atoms with van der Waals surface area (Å²) < 4.78 is 5.53. The summed E-state index contributed by atoms with van der Waals surface area (Å²) in [5.41, 5.74) is 2.42. The van der Waals surface area contributed by atoms with Crippen molar-refractivity contribution in [2.45, 2.75) is 26.4 Å². The van der Waals surface area contributed by atoms with Crippen molar-refractivity contribution in [3.63, 3.8) is 0 Å². The normalized spacial score (nSPS) is 16.9. The van der Waals surface area contributed by atoms with Crippen LogP contribution in [0.25, 0.3) is 0 Å². The van der Waals surface area contributed by atoms with Crippen molar-refractivity contribution in [2.75, 3.05) is 39.9 Å². The number of nitrogens with zero attached hydrogens (tertiary/aromatic N) is 3. The third-order valence-electron chi connectivity index (χ3n) is 4.84. The standard InChI is InChI=1S/C20H29N5OS/c1-15-16(2)27-19(24-15)14-23-20(21-3)22-13-18(17-7-5-4-6-8-17)25-9-11-26-12-10-25/h4-8,18H,9-14H2,1-3H3,(H2,21,22,23). The van der Waals surface area contributed by atoms with Crippen LogP contribution in [0, 0.1) is 13.8 Å². The molecule has 1 fully saturated rings. The molecule has 1 aliphatic heterocycles. The van der Waals surface area contributed by atoms with Gasteiger partial charge >= 0.3 is 0 Å². The molecule has 1 saturated heterocycles. The van der Waals surface area contributed by atoms with Crippen LogP contribution in [0.4, 0.5) is 0 Å². The van der Waals surface area contributed by atoms with E-state index in [2.05, 4.69) is 69.7 Å². The molecule has 6 nitrogen and oxygen atoms in total. The number of morpholine rings is 1. The van der Waals surface area contributed by atoms with Gasteiger partial charge in [0.15, 0.2) is 5.96 Å². The van der Waals surface area contributed by atoms with Crippen molar-refractivity contribution in [2.24, 2.45) is 4.99 Å². The van der Waals surface area contributed by atoms with Crippen molar-refractivity contribution in [1.29, 1.82) is 0 Å². The Bertz CT molecular complexity index is 721. The third kappa shape index (κ3) is 5.51. The Kier molecular flexibility index (Phi) is 7.20. The molecule has 146 valence electrons. The zero-order chi connectivity index (χ0) is 19.1. The van der Waals surface area contributed by atoms with Crippen LogP contribution in [-0.2, 0) is 11.3 Å². The number of hydrogen-bond donors (Lipinski definition) is 2. The molecule has 2 heterocycles. The minimum absolute atomic E-state index is 0.290. The molecule has 27 heavy (non-hydrogen) atoms. The molecule has 1 unspecified atom stereocenters. The van der Waals surface area contributed by atoms with Gasteiger partial charge in [0.2, 0.25) is 0 Å². The number of aliphatic imine (C=N–C) groups is 1. The first-order valence-corrected chi connectivity index (χ1v) is 10.2. The van der Waals surface area contributed by atoms with Gasteiger partial charge in [-0.3, -0.25) is 9.89 Å². The molecule has 1 atom stereocenters. The summed E-state index contributed by atoms with van der Waals surface area (Å²) in [7, 11) is 1.81. The Hall–Kier alpha value is -1.96. The number of guanidine groups is 1. The van der Waals surface area contributed by atoms with E-state index in [-0.39, 0.29) is 6.04 Å². The van der Waals surface area contributed by atoms with Crippen molar-refractivity contribution in [3.8, 4) is 0 Å². The molecule has 3 rings (SSSR count). The quantitative estimate of drug-likeness (QED) is 0.589. The molecule has 0 radical (unpaired) electrons. The van der Waals surface area contributed by atoms with E-state index in [4.69, 9.17) is 4.74 Å². The third-order valence-corrected chi connectivity index (χ3v) is 5.91. The van der Waals surface area contributed by atoms with Crippen LogP contribution in [-0.4, -0.2) is 55.7 Å². The number of hydrogen-bond acceptors (Lipinski definition) is 5. The highest BCUT2D eigenvalue weighted by molar-refractivity contribution is 7.11. The molecule has 2 N–H and O–H groups in total. The Morgan fingerprint density at radius 1 is 1.22 bits per heavy atom. The Morgan fingerprint density at radius 3 is 2.59 bits per heavy atom. The van der Waals surface area contributed by atoms with E-state index < -0.39 is 0 Å². The second kappa shape index (κ2) is 9.82. The summed E-state index contributed by atoms with van der Waals surface area (Å²) in [5, 5.41) is 7.95. The zero-order valence-corrected chi connectivity index (χ0v) is 17.2. The monoisotopic (exact) mass is 387 g/mol. The number of aromatic nitrogens is 1. The molecule has 1 aromatic heterocycles. The highest BCUT2D eigenvalue weighted by atomic mass is 32.1. The van der Waals surface area contributed by atoms with Crippen LogP contribution >= 0.6 is 11.3 Å². The number of rotatable bonds is 6. The minimum Gasteiger partial charge on any atom is -0.379 e. The fourth-order valence-electron chi connectivity index (χ4n) is 3.21. The molecule has 0 amide bonds. The first-order chi connectivity index (χ1) is 13.2. The van der Waals surface area contributed by atoms with Gasteiger partial charge in [0, 0.05) is 31.6 Å². The summed E-state index contributed by atoms with van der Waals surface area (Å²) in [6.45, 7) is 9.12. The van der Waals surface area contributed by atoms with E-state index in [1.54, 1.807) is 18.4 Å². The Morgan fingerprint density at radius 2 is 1.96 bits per heavy atom. The van der Waals surface area contributed by atoms with E-state index in [0.29, 0.717) is 6.54 Å². The molecule has 0 spiro atoms. The second-order valence-corrected chi connectivity index (χ2v) is 7.92. The maximum absolute atomic E-state index is 5.53. The number of benzene rings is 1. The lowest BCUT2D eigenvalue weighted by Crippen LogP contribution is -2.46. The van der Waals surface area contributed by atoms with E-state index in [1.807, 2.05) is 0 Å². The highest BCUT2D eigenvalue weighted by Crippen LogP contribution is 2.21. The van der Waals surface area contributed by atoms with Gasteiger partial charge in [0.05, 0.1) is 31.5 Å². The van der Waals surface area contributed by atoms with E-state index in [0.717, 1.165) is 49.5 Å². The van der Waals surface area contributed by atoms with Gasteiger partial charge in [-0.2, -0.15) is 0 Å². The Balaban J connectivity index is 1.60. The van der Waals surface area contributed by atoms with Gasteiger partial charge in [-0.25, -0.2) is 4.98 Å². The summed E-state index contributed by atoms with van der Waals surface area (Å²) in [6.07, 6.45) is 0. The topological polar surface area (TPSA) is 61.8 Å². The van der Waals surface area contributed by atoms with Gasteiger partial charge in [-0.15, -0.1) is 11.3 Å². The average Bonchev–Trinajstić information content (AvgIpc) is 3.03. The molecule has 1 aliphatic rings. The summed E-state index contributed by atoms with van der Waals surface area (Å²) in [6, 6.07) is 10.9.